The van der Waals surface area contributed by atoms with Crippen molar-refractivity contribution in [1.82, 2.24) is 15.0 Å². The molecule has 0 aromatic carbocycles. The maximum absolute atomic E-state index is 9.85. The van der Waals surface area contributed by atoms with Gasteiger partial charge in [0, 0.05) is 0 Å². The van der Waals surface area contributed by atoms with Gasteiger partial charge in [0.25, 0.3) is 0 Å². The molecular weight excluding hydrogens is 474 g/mol. The third-order valence-electron chi connectivity index (χ3n) is 4.56. The SMILES string of the molecule is OCCOCCOCCOCCn1cc(COC/C=C\CO[C@@H]2OC(S)[C@@H](O)C(O)C2O)nn1. The first-order valence-electron chi connectivity index (χ1n) is 11.0. The highest BCUT2D eigenvalue weighted by Gasteiger charge is 2.42. The normalized spacial score (nSPS) is 25.4. The molecule has 34 heavy (non-hydrogen) atoms. The van der Waals surface area contributed by atoms with Crippen molar-refractivity contribution < 1.29 is 48.8 Å². The zero-order chi connectivity index (χ0) is 24.6. The van der Waals surface area contributed by atoms with Gasteiger partial charge in [0.2, 0.25) is 0 Å². The van der Waals surface area contributed by atoms with Gasteiger partial charge in [-0.2, -0.15) is 0 Å². The monoisotopic (exact) mass is 509 g/mol. The first-order valence-corrected chi connectivity index (χ1v) is 11.5. The van der Waals surface area contributed by atoms with Crippen molar-refractivity contribution in [3.8, 4) is 0 Å². The smallest absolute Gasteiger partial charge is 0.187 e. The number of rotatable bonds is 18. The molecule has 1 aliphatic heterocycles. The van der Waals surface area contributed by atoms with Crippen molar-refractivity contribution in [3.63, 3.8) is 0 Å². The zero-order valence-corrected chi connectivity index (χ0v) is 19.8. The summed E-state index contributed by atoms with van der Waals surface area (Å²) in [5.74, 6) is 0. The molecule has 0 saturated carbocycles. The molecule has 0 spiro atoms. The zero-order valence-electron chi connectivity index (χ0n) is 18.9. The summed E-state index contributed by atoms with van der Waals surface area (Å²) in [5, 5.41) is 45.8. The summed E-state index contributed by atoms with van der Waals surface area (Å²) in [6.45, 7) is 3.90. The quantitative estimate of drug-likeness (QED) is 0.0849. The van der Waals surface area contributed by atoms with Crippen LogP contribution in [-0.2, 0) is 41.6 Å². The molecule has 0 amide bonds. The lowest BCUT2D eigenvalue weighted by atomic mass is 10.1. The number of aliphatic hydroxyl groups excluding tert-OH is 4. The number of aliphatic hydroxyl groups is 4. The highest BCUT2D eigenvalue weighted by atomic mass is 32.1. The maximum atomic E-state index is 9.85. The second kappa shape index (κ2) is 17.3. The summed E-state index contributed by atoms with van der Waals surface area (Å²) in [5.41, 5.74) is -0.264. The van der Waals surface area contributed by atoms with E-state index in [2.05, 4.69) is 22.9 Å². The fraction of sp³-hybridized carbons (Fsp3) is 0.800. The Morgan fingerprint density at radius 2 is 1.59 bits per heavy atom. The van der Waals surface area contributed by atoms with Gasteiger partial charge in [-0.3, -0.25) is 0 Å². The van der Waals surface area contributed by atoms with Crippen molar-refractivity contribution in [2.45, 2.75) is 43.2 Å². The van der Waals surface area contributed by atoms with Crippen LogP contribution in [0.3, 0.4) is 0 Å². The van der Waals surface area contributed by atoms with Crippen molar-refractivity contribution in [2.24, 2.45) is 0 Å². The minimum absolute atomic E-state index is 0.00674. The minimum Gasteiger partial charge on any atom is -0.394 e. The van der Waals surface area contributed by atoms with E-state index in [1.54, 1.807) is 23.0 Å². The number of aromatic nitrogens is 3. The molecule has 4 N–H and O–H groups in total. The largest absolute Gasteiger partial charge is 0.394 e. The van der Waals surface area contributed by atoms with Gasteiger partial charge >= 0.3 is 0 Å². The standard InChI is InChI=1S/C20H35N3O10S/c24-4-8-29-10-12-30-11-9-28-7-3-23-13-15(21-22-23)14-31-5-1-2-6-32-19-17(26)16(25)18(27)20(34)33-19/h1-2,13,16-20,24-27,34H,3-12,14H2/b2-1-/t16?,17?,18-,19+,20?/m0/s1. The van der Waals surface area contributed by atoms with E-state index < -0.39 is 30.0 Å². The van der Waals surface area contributed by atoms with Gasteiger partial charge < -0.3 is 48.8 Å². The molecule has 1 aromatic rings. The summed E-state index contributed by atoms with van der Waals surface area (Å²) in [4.78, 5) is 0. The number of hydrogen-bond acceptors (Lipinski definition) is 13. The van der Waals surface area contributed by atoms with Crippen molar-refractivity contribution >= 4 is 12.6 Å². The van der Waals surface area contributed by atoms with E-state index in [-0.39, 0.29) is 19.8 Å². The van der Waals surface area contributed by atoms with Gasteiger partial charge in [-0.05, 0) is 0 Å². The van der Waals surface area contributed by atoms with Crippen molar-refractivity contribution in [2.75, 3.05) is 59.5 Å². The third kappa shape index (κ3) is 11.0. The first-order chi connectivity index (χ1) is 16.5. The molecule has 13 nitrogen and oxygen atoms in total. The van der Waals surface area contributed by atoms with E-state index in [0.29, 0.717) is 58.5 Å². The molecule has 0 radical (unpaired) electrons. The van der Waals surface area contributed by atoms with E-state index in [0.717, 1.165) is 0 Å². The summed E-state index contributed by atoms with van der Waals surface area (Å²) in [6, 6.07) is 0. The number of nitrogens with zero attached hydrogens (tertiary/aromatic N) is 3. The highest BCUT2D eigenvalue weighted by Crippen LogP contribution is 2.23. The van der Waals surface area contributed by atoms with Crippen LogP contribution in [0.5, 0.6) is 0 Å². The highest BCUT2D eigenvalue weighted by molar-refractivity contribution is 7.80. The van der Waals surface area contributed by atoms with E-state index in [1.807, 2.05) is 0 Å². The Balaban J connectivity index is 1.47. The molecule has 5 atom stereocenters. The van der Waals surface area contributed by atoms with E-state index >= 15 is 0 Å². The van der Waals surface area contributed by atoms with Crippen LogP contribution < -0.4 is 0 Å². The second-order valence-corrected chi connectivity index (χ2v) is 7.73. The average molecular weight is 510 g/mol. The van der Waals surface area contributed by atoms with Crippen molar-refractivity contribution in [3.05, 3.63) is 24.0 Å². The lowest BCUT2D eigenvalue weighted by Crippen LogP contribution is -2.56. The van der Waals surface area contributed by atoms with Gasteiger partial charge in [0.1, 0.15) is 29.4 Å². The Morgan fingerprint density at radius 3 is 2.32 bits per heavy atom. The molecule has 2 rings (SSSR count). The summed E-state index contributed by atoms with van der Waals surface area (Å²) >= 11 is 3.99. The Hall–Kier alpha value is -1.17. The fourth-order valence-electron chi connectivity index (χ4n) is 2.76. The van der Waals surface area contributed by atoms with Crippen molar-refractivity contribution in [1.29, 1.82) is 0 Å². The third-order valence-corrected chi connectivity index (χ3v) is 4.99. The van der Waals surface area contributed by atoms with E-state index in [1.165, 1.54) is 0 Å². The molecule has 1 saturated heterocycles. The molecule has 196 valence electrons. The summed E-state index contributed by atoms with van der Waals surface area (Å²) < 4.78 is 33.6. The van der Waals surface area contributed by atoms with Crippen LogP contribution in [-0.4, -0.2) is 125 Å². The number of ether oxygens (including phenoxy) is 6. The predicted molar refractivity (Wildman–Crippen MR) is 120 cm³/mol. The Kier molecular flexibility index (Phi) is 14.8. The van der Waals surface area contributed by atoms with Crippen LogP contribution in [0.4, 0.5) is 0 Å². The van der Waals surface area contributed by atoms with Gasteiger partial charge in [0.15, 0.2) is 6.29 Å². The predicted octanol–water partition coefficient (Wildman–Crippen LogP) is -1.90. The topological polar surface area (TPSA) is 167 Å². The fourth-order valence-corrected chi connectivity index (χ4v) is 3.06. The molecular formula is C20H35N3O10S. The summed E-state index contributed by atoms with van der Waals surface area (Å²) in [7, 11) is 0. The van der Waals surface area contributed by atoms with Crippen LogP contribution in [0.25, 0.3) is 0 Å². The maximum Gasteiger partial charge on any atom is 0.187 e. The Bertz CT molecular complexity index is 683. The average Bonchev–Trinajstić information content (AvgIpc) is 3.29. The second-order valence-electron chi connectivity index (χ2n) is 7.22. The van der Waals surface area contributed by atoms with Crippen LogP contribution >= 0.6 is 12.6 Å². The van der Waals surface area contributed by atoms with Gasteiger partial charge in [-0.15, -0.1) is 17.7 Å². The Morgan fingerprint density at radius 1 is 0.912 bits per heavy atom. The molecule has 2 heterocycles. The van der Waals surface area contributed by atoms with Crippen LogP contribution in [0.1, 0.15) is 5.69 Å². The van der Waals surface area contributed by atoms with E-state index in [4.69, 9.17) is 33.5 Å². The van der Waals surface area contributed by atoms with Crippen LogP contribution in [0, 0.1) is 0 Å². The molecule has 0 aliphatic carbocycles. The van der Waals surface area contributed by atoms with Gasteiger partial charge in [-0.1, -0.05) is 17.4 Å². The van der Waals surface area contributed by atoms with Gasteiger partial charge in [-0.25, -0.2) is 4.68 Å². The first kappa shape index (κ1) is 29.1. The van der Waals surface area contributed by atoms with Crippen LogP contribution in [0.2, 0.25) is 0 Å². The number of hydrogen-bond donors (Lipinski definition) is 5. The Labute approximate surface area is 203 Å². The molecule has 1 aromatic heterocycles. The minimum atomic E-state index is -1.39. The lowest BCUT2D eigenvalue weighted by molar-refractivity contribution is -0.275. The van der Waals surface area contributed by atoms with Gasteiger partial charge in [0.05, 0.1) is 78.8 Å². The number of thiol groups is 1. The van der Waals surface area contributed by atoms with E-state index in [9.17, 15) is 15.3 Å². The molecule has 1 aliphatic rings. The van der Waals surface area contributed by atoms with Crippen LogP contribution in [0.15, 0.2) is 18.3 Å². The molecule has 1 fully saturated rings. The molecule has 3 unspecified atom stereocenters. The molecule has 0 bridgehead atoms. The lowest BCUT2D eigenvalue weighted by Gasteiger charge is -2.38. The molecule has 14 heteroatoms. The summed E-state index contributed by atoms with van der Waals surface area (Å²) in [6.07, 6.45) is 0.0552.